The van der Waals surface area contributed by atoms with E-state index in [1.54, 1.807) is 24.1 Å². The number of ether oxygens (including phenoxy) is 3. The lowest BCUT2D eigenvalue weighted by atomic mass is 9.94. The van der Waals surface area contributed by atoms with Gasteiger partial charge in [0.2, 0.25) is 13.3 Å². The zero-order chi connectivity index (χ0) is 42.7. The number of nitrogens with one attached hydrogen (secondary N) is 1. The van der Waals surface area contributed by atoms with Crippen molar-refractivity contribution in [3.63, 3.8) is 0 Å². The minimum absolute atomic E-state index is 0.0548. The number of furan rings is 1. The molecule has 2 N–H and O–H groups in total. The molecule has 4 aliphatic rings. The fourth-order valence-corrected chi connectivity index (χ4v) is 13.2. The van der Waals surface area contributed by atoms with Crippen molar-refractivity contribution in [1.82, 2.24) is 14.9 Å². The van der Waals surface area contributed by atoms with Crippen molar-refractivity contribution < 1.29 is 42.5 Å². The fourth-order valence-electron chi connectivity index (χ4n) is 9.85. The third-order valence-electron chi connectivity index (χ3n) is 13.2. The average molecular weight is 875 g/mol. The number of anilines is 1. The third-order valence-corrected chi connectivity index (χ3v) is 16.8. The number of carbonyl (C=O) groups is 3. The number of ketones is 1. The topological polar surface area (TPSA) is 170 Å². The number of nitrogens with zero attached hydrogens (tertiary/aromatic N) is 3. The van der Waals surface area contributed by atoms with E-state index in [1.165, 1.54) is 17.6 Å². The lowest BCUT2D eigenvalue weighted by Gasteiger charge is -2.30. The molecule has 0 bridgehead atoms. The van der Waals surface area contributed by atoms with Crippen LogP contribution < -0.4 is 14.8 Å². The van der Waals surface area contributed by atoms with Gasteiger partial charge in [-0.15, -0.1) is 11.3 Å². The Kier molecular flexibility index (Phi) is 13.2. The van der Waals surface area contributed by atoms with Gasteiger partial charge in [0, 0.05) is 47.7 Å². The monoisotopic (exact) mass is 874 g/mol. The SMILES string of the molecule is COc1ccc2c(O[C@@H]3C[C@H]4C(=O)C[C@]5(P(=O)(O)Cc6ccco6)C[C@@H]5CCCCCCC[C@H](CC(=O)OC5CCCC5)C(=O)N4C3)cc(-c3csc(NC(C)C)n3)nc2c1. The molecule has 2 aliphatic carbocycles. The lowest BCUT2D eigenvalue weighted by molar-refractivity contribution is -0.154. The Morgan fingerprint density at radius 3 is 2.54 bits per heavy atom. The van der Waals surface area contributed by atoms with Gasteiger partial charge in [-0.25, -0.2) is 9.97 Å². The van der Waals surface area contributed by atoms with Gasteiger partial charge < -0.3 is 33.7 Å². The Morgan fingerprint density at radius 2 is 1.79 bits per heavy atom. The molecule has 2 saturated carbocycles. The number of aromatic nitrogens is 2. The van der Waals surface area contributed by atoms with Gasteiger partial charge in [-0.1, -0.05) is 32.1 Å². The highest BCUT2D eigenvalue weighted by Crippen LogP contribution is 2.75. The second kappa shape index (κ2) is 18.6. The van der Waals surface area contributed by atoms with Crippen molar-refractivity contribution >= 4 is 52.4 Å². The second-order valence-electron chi connectivity index (χ2n) is 17.9. The van der Waals surface area contributed by atoms with E-state index in [4.69, 9.17) is 28.6 Å². The highest BCUT2D eigenvalue weighted by molar-refractivity contribution is 7.59. The quantitative estimate of drug-likeness (QED) is 0.102. The van der Waals surface area contributed by atoms with Crippen LogP contribution in [0, 0.1) is 11.8 Å². The molecule has 13 nitrogen and oxygen atoms in total. The molecule has 1 amide bonds. The highest BCUT2D eigenvalue weighted by Gasteiger charge is 2.66. The summed E-state index contributed by atoms with van der Waals surface area (Å²) in [5.41, 5.74) is 1.91. The Balaban J connectivity index is 1.12. The summed E-state index contributed by atoms with van der Waals surface area (Å²) in [6, 6.07) is 10.1. The molecule has 6 atom stereocenters. The van der Waals surface area contributed by atoms with Crippen molar-refractivity contribution in [3.8, 4) is 22.9 Å². The second-order valence-corrected chi connectivity index (χ2v) is 21.4. The van der Waals surface area contributed by atoms with Gasteiger partial charge in [0.1, 0.15) is 35.2 Å². The zero-order valence-corrected chi connectivity index (χ0v) is 37.2. The summed E-state index contributed by atoms with van der Waals surface area (Å²) >= 11 is 1.49. The first-order valence-corrected chi connectivity index (χ1v) is 24.9. The van der Waals surface area contributed by atoms with E-state index >= 15 is 0 Å². The number of fused-ring (bicyclic) bond motifs is 3. The van der Waals surface area contributed by atoms with E-state index in [1.807, 2.05) is 29.6 Å². The number of rotatable bonds is 12. The number of pyridine rings is 1. The predicted octanol–water partition coefficient (Wildman–Crippen LogP) is 9.55. The molecule has 2 saturated heterocycles. The number of hydrogen-bond donors (Lipinski definition) is 2. The summed E-state index contributed by atoms with van der Waals surface area (Å²) in [4.78, 5) is 66.4. The van der Waals surface area contributed by atoms with Crippen LogP contribution in [0.4, 0.5) is 5.13 Å². The fraction of sp³-hybridized carbons (Fsp3) is 0.587. The van der Waals surface area contributed by atoms with Crippen LogP contribution in [0.2, 0.25) is 0 Å². The molecule has 61 heavy (non-hydrogen) atoms. The maximum absolute atomic E-state index is 14.9. The maximum atomic E-state index is 14.9. The highest BCUT2D eigenvalue weighted by atomic mass is 32.1. The molecule has 4 fully saturated rings. The smallest absolute Gasteiger partial charge is 0.306 e. The third kappa shape index (κ3) is 9.87. The number of methoxy groups -OCH3 is 1. The summed E-state index contributed by atoms with van der Waals surface area (Å²) < 4.78 is 38.3. The van der Waals surface area contributed by atoms with E-state index in [0.717, 1.165) is 74.7 Å². The van der Waals surface area contributed by atoms with Gasteiger partial charge in [0.05, 0.1) is 54.9 Å². The van der Waals surface area contributed by atoms with Crippen LogP contribution in [0.25, 0.3) is 22.3 Å². The van der Waals surface area contributed by atoms with Crippen molar-refractivity contribution in [3.05, 3.63) is 53.8 Å². The number of thiazole rings is 1. The molecular weight excluding hydrogens is 816 g/mol. The average Bonchev–Trinajstić information content (AvgIpc) is 3.86. The first kappa shape index (κ1) is 43.4. The molecule has 1 aromatic carbocycles. The zero-order valence-electron chi connectivity index (χ0n) is 35.5. The minimum Gasteiger partial charge on any atom is -0.497 e. The minimum atomic E-state index is -3.95. The lowest BCUT2D eigenvalue weighted by Crippen LogP contribution is -2.45. The molecular formula is C46H59N4O9PS. The number of Topliss-reactive ketones (excluding diaryl/α,β-unsaturated/α-hetero) is 1. The maximum Gasteiger partial charge on any atom is 0.306 e. The summed E-state index contributed by atoms with van der Waals surface area (Å²) in [6.45, 7) is 4.21. The first-order valence-electron chi connectivity index (χ1n) is 22.2. The number of benzene rings is 1. The van der Waals surface area contributed by atoms with Crippen molar-refractivity contribution in [2.75, 3.05) is 19.0 Å². The normalized spacial score (nSPS) is 26.3. The van der Waals surface area contributed by atoms with Crippen LogP contribution in [0.15, 0.2) is 52.5 Å². The van der Waals surface area contributed by atoms with Crippen LogP contribution in [0.1, 0.15) is 116 Å². The van der Waals surface area contributed by atoms with Crippen molar-refractivity contribution in [1.29, 1.82) is 0 Å². The van der Waals surface area contributed by atoms with Gasteiger partial charge in [0.15, 0.2) is 10.9 Å². The molecule has 328 valence electrons. The number of esters is 1. The molecule has 1 unspecified atom stereocenters. The van der Waals surface area contributed by atoms with E-state index in [9.17, 15) is 23.8 Å². The number of carbonyl (C=O) groups excluding carboxylic acids is 3. The van der Waals surface area contributed by atoms with Crippen molar-refractivity contribution in [2.45, 2.75) is 146 Å². The van der Waals surface area contributed by atoms with Gasteiger partial charge in [0.25, 0.3) is 0 Å². The Hall–Kier alpha value is -4.26. The molecule has 0 spiro atoms. The Morgan fingerprint density at radius 1 is 1.02 bits per heavy atom. The summed E-state index contributed by atoms with van der Waals surface area (Å²) in [5, 5.41) is 5.70. The summed E-state index contributed by atoms with van der Waals surface area (Å²) in [6.07, 6.45) is 10.6. The van der Waals surface area contributed by atoms with Crippen LogP contribution in [0.5, 0.6) is 11.5 Å². The largest absolute Gasteiger partial charge is 0.497 e. The molecule has 15 heteroatoms. The van der Waals surface area contributed by atoms with E-state index in [0.29, 0.717) is 47.0 Å². The van der Waals surface area contributed by atoms with Crippen LogP contribution in [-0.4, -0.2) is 80.5 Å². The van der Waals surface area contributed by atoms with Gasteiger partial charge >= 0.3 is 5.97 Å². The standard InChI is InChI=1S/C46H59N4O9PS/c1-29(2)47-45-49-39(28-61-45)38-23-42(36-18-17-33(56-3)21-37(36)48-38)58-35-22-40-41(51)25-46(60(54,55)27-34-16-11-19-57-34)24-31(46)13-8-6-4-5-7-12-30(44(53)50(40)26-35)20-43(52)59-32-14-9-10-15-32/h11,16-19,21,23,28-32,35,40H,4-10,12-15,20,22,24-27H2,1-3H3,(H,47,49)(H,54,55)/t30-,31+,35-,40+,46-/m1/s1. The van der Waals surface area contributed by atoms with Gasteiger partial charge in [-0.2, -0.15) is 0 Å². The summed E-state index contributed by atoms with van der Waals surface area (Å²) in [5.74, 6) is -0.0856. The number of amides is 1. The van der Waals surface area contributed by atoms with E-state index < -0.39 is 30.6 Å². The van der Waals surface area contributed by atoms with E-state index in [2.05, 4.69) is 19.2 Å². The molecule has 3 aromatic heterocycles. The van der Waals surface area contributed by atoms with E-state index in [-0.39, 0.29) is 67.7 Å². The van der Waals surface area contributed by atoms with Gasteiger partial charge in [-0.05, 0) is 89.0 Å². The van der Waals surface area contributed by atoms with Crippen LogP contribution in [-0.2, 0) is 29.8 Å². The summed E-state index contributed by atoms with van der Waals surface area (Å²) in [7, 11) is -2.35. The first-order chi connectivity index (χ1) is 29.4. The van der Waals surface area contributed by atoms with Crippen molar-refractivity contribution in [2.24, 2.45) is 11.8 Å². The number of hydrogen-bond acceptors (Lipinski definition) is 12. The van der Waals surface area contributed by atoms with Crippen LogP contribution >= 0.6 is 18.7 Å². The molecule has 5 heterocycles. The molecule has 2 aliphatic heterocycles. The Bertz CT molecular complexity index is 2240. The Labute approximate surface area is 361 Å². The predicted molar refractivity (Wildman–Crippen MR) is 234 cm³/mol. The molecule has 4 aromatic rings. The molecule has 0 radical (unpaired) electrons. The van der Waals surface area contributed by atoms with Gasteiger partial charge in [-0.3, -0.25) is 18.9 Å². The van der Waals surface area contributed by atoms with Crippen LogP contribution in [0.3, 0.4) is 0 Å². The molecule has 8 rings (SSSR count).